The molecule has 1 fully saturated rings. The van der Waals surface area contributed by atoms with E-state index in [2.05, 4.69) is 12.2 Å². The van der Waals surface area contributed by atoms with E-state index in [4.69, 9.17) is 0 Å². The standard InChI is InChI=1S/C17H25NO2S/c1-3-21-15-9-5-8-14(16(15)17(19)20)18-11-13-7-4-6-12(2)10-13/h5,8-9,12-13,18H,3-4,6-7,10-11H2,1-2H3,(H,19,20). The van der Waals surface area contributed by atoms with Crippen LogP contribution in [0, 0.1) is 11.8 Å². The molecule has 0 aliphatic heterocycles. The topological polar surface area (TPSA) is 49.3 Å². The molecule has 1 saturated carbocycles. The van der Waals surface area contributed by atoms with Crippen LogP contribution in [-0.4, -0.2) is 23.4 Å². The van der Waals surface area contributed by atoms with Crippen LogP contribution in [0.25, 0.3) is 0 Å². The fourth-order valence-electron chi connectivity index (χ4n) is 3.17. The lowest BCUT2D eigenvalue weighted by Crippen LogP contribution is -2.22. The van der Waals surface area contributed by atoms with Gasteiger partial charge in [-0.3, -0.25) is 0 Å². The first-order valence-electron chi connectivity index (χ1n) is 7.84. The van der Waals surface area contributed by atoms with Gasteiger partial charge in [0.1, 0.15) is 0 Å². The van der Waals surface area contributed by atoms with Gasteiger partial charge >= 0.3 is 5.97 Å². The number of rotatable bonds is 6. The first kappa shape index (κ1) is 16.2. The van der Waals surface area contributed by atoms with Crippen LogP contribution in [0.15, 0.2) is 23.1 Å². The summed E-state index contributed by atoms with van der Waals surface area (Å²) in [5.41, 5.74) is 1.19. The third-order valence-electron chi connectivity index (χ3n) is 4.17. The van der Waals surface area contributed by atoms with Crippen LogP contribution in [-0.2, 0) is 0 Å². The number of nitrogens with one attached hydrogen (secondary N) is 1. The monoisotopic (exact) mass is 307 g/mol. The molecule has 1 aliphatic rings. The summed E-state index contributed by atoms with van der Waals surface area (Å²) in [4.78, 5) is 12.4. The lowest BCUT2D eigenvalue weighted by atomic mass is 9.82. The highest BCUT2D eigenvalue weighted by Crippen LogP contribution is 2.31. The Bertz CT molecular complexity index is 490. The van der Waals surface area contributed by atoms with E-state index in [-0.39, 0.29) is 0 Å². The predicted molar refractivity (Wildman–Crippen MR) is 89.4 cm³/mol. The Morgan fingerprint density at radius 3 is 2.90 bits per heavy atom. The third-order valence-corrected chi connectivity index (χ3v) is 5.11. The molecule has 116 valence electrons. The highest BCUT2D eigenvalue weighted by atomic mass is 32.2. The Hall–Kier alpha value is -1.16. The number of anilines is 1. The summed E-state index contributed by atoms with van der Waals surface area (Å²) in [5.74, 6) is 1.50. The summed E-state index contributed by atoms with van der Waals surface area (Å²) in [6, 6.07) is 5.72. The van der Waals surface area contributed by atoms with Gasteiger partial charge in [0.25, 0.3) is 0 Å². The molecule has 0 aromatic heterocycles. The summed E-state index contributed by atoms with van der Waals surface area (Å²) in [6.45, 7) is 5.23. The molecule has 1 aliphatic carbocycles. The minimum Gasteiger partial charge on any atom is -0.478 e. The predicted octanol–water partition coefficient (Wildman–Crippen LogP) is 4.74. The van der Waals surface area contributed by atoms with E-state index in [1.54, 1.807) is 11.8 Å². The van der Waals surface area contributed by atoms with Crippen molar-refractivity contribution in [3.05, 3.63) is 23.8 Å². The van der Waals surface area contributed by atoms with E-state index in [1.807, 2.05) is 25.1 Å². The molecule has 1 aromatic rings. The van der Waals surface area contributed by atoms with Crippen LogP contribution in [0.4, 0.5) is 5.69 Å². The molecule has 3 nitrogen and oxygen atoms in total. The number of thioether (sulfide) groups is 1. The SMILES string of the molecule is CCSc1cccc(NCC2CCCC(C)C2)c1C(=O)O. The zero-order chi connectivity index (χ0) is 15.2. The Kier molecular flexibility index (Phi) is 5.97. The highest BCUT2D eigenvalue weighted by Gasteiger charge is 2.20. The number of aromatic carboxylic acids is 1. The zero-order valence-electron chi connectivity index (χ0n) is 12.9. The van der Waals surface area contributed by atoms with Gasteiger partial charge in [0.15, 0.2) is 0 Å². The highest BCUT2D eigenvalue weighted by molar-refractivity contribution is 7.99. The summed E-state index contributed by atoms with van der Waals surface area (Å²) in [5, 5.41) is 12.9. The minimum atomic E-state index is -0.842. The van der Waals surface area contributed by atoms with Gasteiger partial charge in [-0.1, -0.05) is 32.8 Å². The first-order valence-corrected chi connectivity index (χ1v) is 8.83. The Labute approximate surface area is 131 Å². The van der Waals surface area contributed by atoms with Crippen molar-refractivity contribution in [1.29, 1.82) is 0 Å². The fraction of sp³-hybridized carbons (Fsp3) is 0.588. The lowest BCUT2D eigenvalue weighted by molar-refractivity contribution is 0.0694. The number of carbonyl (C=O) groups is 1. The summed E-state index contributed by atoms with van der Waals surface area (Å²) in [7, 11) is 0. The molecule has 2 rings (SSSR count). The number of hydrogen-bond donors (Lipinski definition) is 2. The molecule has 0 heterocycles. The van der Waals surface area contributed by atoms with E-state index in [1.165, 1.54) is 25.7 Å². The van der Waals surface area contributed by atoms with Crippen molar-refractivity contribution in [3.8, 4) is 0 Å². The third kappa shape index (κ3) is 4.40. The van der Waals surface area contributed by atoms with Crippen LogP contribution in [0.1, 0.15) is 49.9 Å². The maximum absolute atomic E-state index is 11.6. The van der Waals surface area contributed by atoms with Gasteiger partial charge in [-0.25, -0.2) is 4.79 Å². The van der Waals surface area contributed by atoms with Crippen molar-refractivity contribution in [2.24, 2.45) is 11.8 Å². The van der Waals surface area contributed by atoms with Crippen molar-refractivity contribution in [1.82, 2.24) is 0 Å². The van der Waals surface area contributed by atoms with Crippen molar-refractivity contribution < 1.29 is 9.90 Å². The molecule has 0 spiro atoms. The van der Waals surface area contributed by atoms with Crippen molar-refractivity contribution >= 4 is 23.4 Å². The van der Waals surface area contributed by atoms with Gasteiger partial charge in [0.2, 0.25) is 0 Å². The Balaban J connectivity index is 2.08. The maximum atomic E-state index is 11.6. The van der Waals surface area contributed by atoms with E-state index in [9.17, 15) is 9.90 Å². The molecule has 2 unspecified atom stereocenters. The fourth-order valence-corrected chi connectivity index (χ4v) is 4.00. The van der Waals surface area contributed by atoms with E-state index in [0.29, 0.717) is 11.5 Å². The van der Waals surface area contributed by atoms with Gasteiger partial charge in [0, 0.05) is 17.1 Å². The van der Waals surface area contributed by atoms with Crippen molar-refractivity contribution in [2.45, 2.75) is 44.4 Å². The molecule has 0 saturated heterocycles. The van der Waals surface area contributed by atoms with Gasteiger partial charge in [0.05, 0.1) is 5.56 Å². The average molecular weight is 307 g/mol. The summed E-state index contributed by atoms with van der Waals surface area (Å²) < 4.78 is 0. The van der Waals surface area contributed by atoms with Crippen LogP contribution in [0.2, 0.25) is 0 Å². The molecule has 2 atom stereocenters. The molecule has 0 amide bonds. The molecule has 1 aromatic carbocycles. The van der Waals surface area contributed by atoms with Gasteiger partial charge in [-0.2, -0.15) is 0 Å². The van der Waals surface area contributed by atoms with E-state index >= 15 is 0 Å². The molecule has 2 N–H and O–H groups in total. The maximum Gasteiger partial charge on any atom is 0.338 e. The van der Waals surface area contributed by atoms with Crippen molar-refractivity contribution in [2.75, 3.05) is 17.6 Å². The van der Waals surface area contributed by atoms with Gasteiger partial charge in [-0.15, -0.1) is 11.8 Å². The number of hydrogen-bond acceptors (Lipinski definition) is 3. The molecule has 4 heteroatoms. The molecular weight excluding hydrogens is 282 g/mol. The van der Waals surface area contributed by atoms with Crippen LogP contribution in [0.3, 0.4) is 0 Å². The Morgan fingerprint density at radius 1 is 1.43 bits per heavy atom. The molecule has 0 bridgehead atoms. The Morgan fingerprint density at radius 2 is 2.24 bits per heavy atom. The average Bonchev–Trinajstić information content (AvgIpc) is 2.45. The lowest BCUT2D eigenvalue weighted by Gasteiger charge is -2.27. The quantitative estimate of drug-likeness (QED) is 0.746. The number of carboxylic acids is 1. The van der Waals surface area contributed by atoms with Crippen LogP contribution >= 0.6 is 11.8 Å². The second kappa shape index (κ2) is 7.74. The van der Waals surface area contributed by atoms with Gasteiger partial charge in [-0.05, 0) is 42.6 Å². The van der Waals surface area contributed by atoms with Crippen molar-refractivity contribution in [3.63, 3.8) is 0 Å². The summed E-state index contributed by atoms with van der Waals surface area (Å²) >= 11 is 1.59. The second-order valence-corrected chi connectivity index (χ2v) is 7.24. The summed E-state index contributed by atoms with van der Waals surface area (Å²) in [6.07, 6.45) is 5.13. The molecule has 0 radical (unpaired) electrons. The minimum absolute atomic E-state index is 0.424. The normalized spacial score (nSPS) is 22.0. The second-order valence-electron chi connectivity index (χ2n) is 5.94. The molecule has 21 heavy (non-hydrogen) atoms. The molecular formula is C17H25NO2S. The van der Waals surface area contributed by atoms with E-state index in [0.717, 1.165) is 28.8 Å². The largest absolute Gasteiger partial charge is 0.478 e. The first-order chi connectivity index (χ1) is 10.1. The van der Waals surface area contributed by atoms with Gasteiger partial charge < -0.3 is 10.4 Å². The van der Waals surface area contributed by atoms with E-state index < -0.39 is 5.97 Å². The number of benzene rings is 1. The smallest absolute Gasteiger partial charge is 0.338 e. The zero-order valence-corrected chi connectivity index (χ0v) is 13.7. The van der Waals surface area contributed by atoms with Crippen LogP contribution in [0.5, 0.6) is 0 Å². The van der Waals surface area contributed by atoms with Crippen LogP contribution < -0.4 is 5.32 Å². The number of carboxylic acid groups (broad SMARTS) is 1.